The maximum Gasteiger partial charge on any atom is 0.184 e. The van der Waals surface area contributed by atoms with Crippen LogP contribution in [0.3, 0.4) is 0 Å². The van der Waals surface area contributed by atoms with Crippen molar-refractivity contribution < 1.29 is 9.47 Å². The van der Waals surface area contributed by atoms with E-state index in [1.54, 1.807) is 22.7 Å². The molecule has 0 spiro atoms. The molecule has 0 unspecified atom stereocenters. The molecule has 0 aliphatic carbocycles. The van der Waals surface area contributed by atoms with Gasteiger partial charge in [0.05, 0.1) is 22.3 Å². The lowest BCUT2D eigenvalue weighted by atomic mass is 10.3. The van der Waals surface area contributed by atoms with Crippen LogP contribution >= 0.6 is 22.7 Å². The van der Waals surface area contributed by atoms with Crippen LogP contribution in [0.15, 0.2) is 23.8 Å². The Balaban J connectivity index is 1.61. The molecule has 0 saturated carbocycles. The third-order valence-electron chi connectivity index (χ3n) is 2.95. The molecule has 3 aromatic rings. The van der Waals surface area contributed by atoms with E-state index in [9.17, 15) is 0 Å². The van der Waals surface area contributed by atoms with Crippen LogP contribution in [0.4, 0.5) is 5.13 Å². The first kappa shape index (κ1) is 11.9. The summed E-state index contributed by atoms with van der Waals surface area (Å²) >= 11 is 3.25. The van der Waals surface area contributed by atoms with E-state index < -0.39 is 0 Å². The third-order valence-corrected chi connectivity index (χ3v) is 4.71. The van der Waals surface area contributed by atoms with Crippen LogP contribution in [-0.2, 0) is 6.54 Å². The Morgan fingerprint density at radius 2 is 2.05 bits per heavy atom. The summed E-state index contributed by atoms with van der Waals surface area (Å²) in [5.41, 5.74) is 2.77. The summed E-state index contributed by atoms with van der Waals surface area (Å²) in [5, 5.41) is 4.22. The van der Waals surface area contributed by atoms with E-state index >= 15 is 0 Å². The molecule has 20 heavy (non-hydrogen) atoms. The van der Waals surface area contributed by atoms with Gasteiger partial charge in [-0.15, -0.1) is 11.3 Å². The fraction of sp³-hybridized carbons (Fsp3) is 0.231. The molecule has 0 fully saturated rings. The van der Waals surface area contributed by atoms with Gasteiger partial charge >= 0.3 is 0 Å². The van der Waals surface area contributed by atoms with Crippen molar-refractivity contribution in [2.75, 3.05) is 18.5 Å². The summed E-state index contributed by atoms with van der Waals surface area (Å²) in [6.07, 6.45) is 1.87. The molecule has 102 valence electrons. The first-order valence-electron chi connectivity index (χ1n) is 6.20. The Hall–Kier alpha value is -1.86. The number of hydrogen-bond donors (Lipinski definition) is 1. The normalized spacial score (nSPS) is 13.6. The molecule has 0 amide bonds. The average molecular weight is 305 g/mol. The van der Waals surface area contributed by atoms with E-state index in [-0.39, 0.29) is 0 Å². The molecule has 0 saturated heterocycles. The summed E-state index contributed by atoms with van der Waals surface area (Å²) in [6.45, 7) is 1.95. The molecule has 4 rings (SSSR count). The smallest absolute Gasteiger partial charge is 0.184 e. The first-order chi connectivity index (χ1) is 9.88. The van der Waals surface area contributed by atoms with Gasteiger partial charge in [0.2, 0.25) is 0 Å². The van der Waals surface area contributed by atoms with E-state index in [1.807, 2.05) is 23.8 Å². The molecular formula is C13H11N3O2S2. The van der Waals surface area contributed by atoms with Crippen molar-refractivity contribution in [2.24, 2.45) is 0 Å². The minimum atomic E-state index is 0.596. The maximum atomic E-state index is 5.59. The number of thiazole rings is 2. The van der Waals surface area contributed by atoms with Crippen molar-refractivity contribution >= 4 is 38.0 Å². The summed E-state index contributed by atoms with van der Waals surface area (Å²) in [4.78, 5) is 9.82. The first-order valence-corrected chi connectivity index (χ1v) is 7.89. The maximum absolute atomic E-state index is 5.59. The Kier molecular flexibility index (Phi) is 2.93. The molecule has 1 N–H and O–H groups in total. The topological polar surface area (TPSA) is 56.3 Å². The van der Waals surface area contributed by atoms with Gasteiger partial charge in [-0.3, -0.25) is 4.98 Å². The van der Waals surface area contributed by atoms with E-state index in [4.69, 9.17) is 9.47 Å². The molecule has 2 aromatic heterocycles. The van der Waals surface area contributed by atoms with Gasteiger partial charge in [0.1, 0.15) is 13.2 Å². The van der Waals surface area contributed by atoms with Crippen LogP contribution < -0.4 is 14.8 Å². The molecule has 0 atom stereocenters. The number of hydrogen-bond acceptors (Lipinski definition) is 7. The predicted octanol–water partition coefficient (Wildman–Crippen LogP) is 3.14. The Morgan fingerprint density at radius 1 is 1.20 bits per heavy atom. The number of rotatable bonds is 3. The zero-order valence-corrected chi connectivity index (χ0v) is 12.1. The van der Waals surface area contributed by atoms with Crippen molar-refractivity contribution in [3.8, 4) is 11.5 Å². The number of ether oxygens (including phenoxy) is 2. The number of fused-ring (bicyclic) bond motifs is 2. The Morgan fingerprint density at radius 3 is 2.85 bits per heavy atom. The number of anilines is 1. The number of benzene rings is 1. The molecule has 1 aliphatic rings. The summed E-state index contributed by atoms with van der Waals surface area (Å²) in [7, 11) is 0. The minimum Gasteiger partial charge on any atom is -0.486 e. The lowest BCUT2D eigenvalue weighted by Crippen LogP contribution is -2.15. The number of aromatic nitrogens is 2. The molecule has 0 radical (unpaired) electrons. The van der Waals surface area contributed by atoms with Gasteiger partial charge in [0.15, 0.2) is 16.6 Å². The van der Waals surface area contributed by atoms with Gasteiger partial charge in [0.25, 0.3) is 0 Å². The molecular weight excluding hydrogens is 294 g/mol. The number of nitrogens with zero attached hydrogens (tertiary/aromatic N) is 2. The highest BCUT2D eigenvalue weighted by atomic mass is 32.1. The summed E-state index contributed by atoms with van der Waals surface area (Å²) in [5.74, 6) is 1.59. The Bertz CT molecular complexity index is 696. The van der Waals surface area contributed by atoms with Crippen molar-refractivity contribution in [3.05, 3.63) is 28.7 Å². The highest BCUT2D eigenvalue weighted by Gasteiger charge is 2.15. The molecule has 0 bridgehead atoms. The van der Waals surface area contributed by atoms with Crippen molar-refractivity contribution in [1.29, 1.82) is 0 Å². The quantitative estimate of drug-likeness (QED) is 0.805. The minimum absolute atomic E-state index is 0.596. The van der Waals surface area contributed by atoms with Crippen LogP contribution in [0.5, 0.6) is 11.5 Å². The van der Waals surface area contributed by atoms with Gasteiger partial charge in [-0.1, -0.05) is 11.3 Å². The fourth-order valence-corrected chi connectivity index (χ4v) is 3.44. The van der Waals surface area contributed by atoms with Crippen molar-refractivity contribution in [1.82, 2.24) is 9.97 Å². The number of nitrogens with one attached hydrogen (secondary N) is 1. The van der Waals surface area contributed by atoms with Gasteiger partial charge in [0, 0.05) is 23.2 Å². The summed E-state index contributed by atoms with van der Waals surface area (Å²) in [6, 6.07) is 3.94. The van der Waals surface area contributed by atoms with Gasteiger partial charge in [-0.05, 0) is 0 Å². The fourth-order valence-electron chi connectivity index (χ4n) is 2.03. The second kappa shape index (κ2) is 4.92. The summed E-state index contributed by atoms with van der Waals surface area (Å²) < 4.78 is 12.3. The second-order valence-electron chi connectivity index (χ2n) is 4.30. The van der Waals surface area contributed by atoms with Gasteiger partial charge in [-0.2, -0.15) is 0 Å². The third kappa shape index (κ3) is 2.19. The van der Waals surface area contributed by atoms with E-state index in [1.165, 1.54) is 4.88 Å². The monoisotopic (exact) mass is 305 g/mol. The van der Waals surface area contributed by atoms with Gasteiger partial charge in [-0.25, -0.2) is 4.98 Å². The van der Waals surface area contributed by atoms with Crippen LogP contribution in [-0.4, -0.2) is 23.2 Å². The lowest BCUT2D eigenvalue weighted by Gasteiger charge is -2.17. The zero-order chi connectivity index (χ0) is 13.4. The highest BCUT2D eigenvalue weighted by Crippen LogP contribution is 2.37. The molecule has 1 aromatic carbocycles. The predicted molar refractivity (Wildman–Crippen MR) is 80.1 cm³/mol. The lowest BCUT2D eigenvalue weighted by molar-refractivity contribution is 0.172. The van der Waals surface area contributed by atoms with Crippen molar-refractivity contribution in [2.45, 2.75) is 6.54 Å². The standard InChI is InChI=1S/C13H11N3O2S2/c1-2-18-11-4-12-9(3-10(11)17-1)16-13(20-12)15-6-8-5-14-7-19-8/h3-5,7H,1-2,6H2,(H,15,16). The van der Waals surface area contributed by atoms with Gasteiger partial charge < -0.3 is 14.8 Å². The average Bonchev–Trinajstić information content (AvgIpc) is 3.11. The molecule has 5 nitrogen and oxygen atoms in total. The second-order valence-corrected chi connectivity index (χ2v) is 6.31. The molecule has 7 heteroatoms. The largest absolute Gasteiger partial charge is 0.486 e. The van der Waals surface area contributed by atoms with Crippen LogP contribution in [0.2, 0.25) is 0 Å². The molecule has 3 heterocycles. The van der Waals surface area contributed by atoms with Crippen LogP contribution in [0.25, 0.3) is 10.2 Å². The SMILES string of the molecule is c1ncc(CNc2nc3cc4c(cc3s2)OCCO4)s1. The Labute approximate surface area is 123 Å². The highest BCUT2D eigenvalue weighted by molar-refractivity contribution is 7.22. The van der Waals surface area contributed by atoms with Crippen molar-refractivity contribution in [3.63, 3.8) is 0 Å². The van der Waals surface area contributed by atoms with Crippen LogP contribution in [0.1, 0.15) is 4.88 Å². The zero-order valence-electron chi connectivity index (χ0n) is 10.5. The van der Waals surface area contributed by atoms with E-state index in [0.717, 1.165) is 33.4 Å². The van der Waals surface area contributed by atoms with E-state index in [0.29, 0.717) is 13.2 Å². The van der Waals surface area contributed by atoms with Crippen LogP contribution in [0, 0.1) is 0 Å². The van der Waals surface area contributed by atoms with E-state index in [2.05, 4.69) is 15.3 Å². The molecule has 1 aliphatic heterocycles.